The minimum atomic E-state index is -0.298. The zero-order valence-electron chi connectivity index (χ0n) is 14.3. The van der Waals surface area contributed by atoms with Crippen molar-refractivity contribution in [2.24, 2.45) is 0 Å². The highest BCUT2D eigenvalue weighted by Gasteiger charge is 2.23. The summed E-state index contributed by atoms with van der Waals surface area (Å²) < 4.78 is 20.9. The van der Waals surface area contributed by atoms with Gasteiger partial charge < -0.3 is 9.30 Å². The topological polar surface area (TPSA) is 27.1 Å². The third kappa shape index (κ3) is 5.84. The van der Waals surface area contributed by atoms with Crippen LogP contribution in [0.5, 0.6) is 0 Å². The van der Waals surface area contributed by atoms with E-state index < -0.39 is 0 Å². The van der Waals surface area contributed by atoms with Crippen LogP contribution in [-0.2, 0) is 17.9 Å². The molecule has 3 aromatic rings. The van der Waals surface area contributed by atoms with E-state index >= 15 is 0 Å². The smallest absolute Gasteiger partial charge is 0.220 e. The summed E-state index contributed by atoms with van der Waals surface area (Å²) in [5.74, 6) is -0.298. The van der Waals surface area contributed by atoms with Crippen molar-refractivity contribution >= 4 is 63.2 Å². The van der Waals surface area contributed by atoms with Gasteiger partial charge in [0.1, 0.15) is 12.4 Å². The summed E-state index contributed by atoms with van der Waals surface area (Å²) in [7, 11) is 0. The number of hydrogen-bond donors (Lipinski definition) is 0. The predicted octanol–water partition coefficient (Wildman–Crippen LogP) is 6.96. The fourth-order valence-electron chi connectivity index (χ4n) is 2.51. The van der Waals surface area contributed by atoms with Crippen LogP contribution >= 0.6 is 58.8 Å². The summed E-state index contributed by atoms with van der Waals surface area (Å²) >= 11 is 25.6. The summed E-state index contributed by atoms with van der Waals surface area (Å²) in [4.78, 5) is 4.06. The first-order valence-corrected chi connectivity index (χ1v) is 10.5. The fraction of sp³-hybridized carbons (Fsp3) is 0.158. The molecule has 28 heavy (non-hydrogen) atoms. The molecule has 0 radical (unpaired) electrons. The third-order valence-corrected chi connectivity index (χ3v) is 6.04. The van der Waals surface area contributed by atoms with Crippen molar-refractivity contribution in [3.05, 3.63) is 87.1 Å². The van der Waals surface area contributed by atoms with E-state index in [2.05, 4.69) is 4.98 Å². The largest absolute Gasteiger partial charge is 0.474 e. The van der Waals surface area contributed by atoms with Crippen LogP contribution in [0.2, 0.25) is 15.1 Å². The fourth-order valence-corrected chi connectivity index (χ4v) is 5.10. The van der Waals surface area contributed by atoms with Gasteiger partial charge in [-0.25, -0.2) is 9.37 Å². The van der Waals surface area contributed by atoms with Gasteiger partial charge in [-0.2, -0.15) is 0 Å². The predicted molar refractivity (Wildman–Crippen MR) is 118 cm³/mol. The van der Waals surface area contributed by atoms with Crippen LogP contribution in [0.1, 0.15) is 16.4 Å². The Balaban J connectivity index is 1.75. The first-order chi connectivity index (χ1) is 13.4. The van der Waals surface area contributed by atoms with Gasteiger partial charge in [-0.05, 0) is 42.0 Å². The van der Waals surface area contributed by atoms with Crippen molar-refractivity contribution in [2.75, 3.05) is 0 Å². The molecule has 3 nitrogen and oxygen atoms in total. The van der Waals surface area contributed by atoms with E-state index in [0.717, 1.165) is 11.1 Å². The highest BCUT2D eigenvalue weighted by Crippen LogP contribution is 2.41. The third-order valence-electron chi connectivity index (χ3n) is 3.81. The van der Waals surface area contributed by atoms with Crippen LogP contribution < -0.4 is 0 Å². The first kappa shape index (κ1) is 21.4. The number of thiocarbonyl (C=S) groups is 1. The molecule has 0 amide bonds. The van der Waals surface area contributed by atoms with Gasteiger partial charge in [0.25, 0.3) is 0 Å². The molecule has 0 spiro atoms. The molecule has 0 saturated carbocycles. The highest BCUT2D eigenvalue weighted by molar-refractivity contribution is 8.22. The second-order valence-electron chi connectivity index (χ2n) is 5.81. The Morgan fingerprint density at radius 2 is 1.86 bits per heavy atom. The summed E-state index contributed by atoms with van der Waals surface area (Å²) in [6.45, 7) is 0.776. The standard InChI is InChI=1S/C19H14Cl3FN2OS2/c20-13-7-15(21)18(16(22)8-13)17(9-25-6-5-24-11-25)28-19(27)26-10-12-1-3-14(23)4-2-12/h1-8,11,17H,9-10H2. The van der Waals surface area contributed by atoms with Crippen LogP contribution in [0.15, 0.2) is 55.1 Å². The van der Waals surface area contributed by atoms with E-state index in [0.29, 0.717) is 26.0 Å². The maximum Gasteiger partial charge on any atom is 0.220 e. The summed E-state index contributed by atoms with van der Waals surface area (Å²) in [5, 5.41) is 1.15. The second-order valence-corrected chi connectivity index (χ2v) is 8.87. The van der Waals surface area contributed by atoms with Gasteiger partial charge in [0.2, 0.25) is 4.38 Å². The number of rotatable bonds is 6. The van der Waals surface area contributed by atoms with E-state index in [4.69, 9.17) is 51.8 Å². The molecule has 0 aliphatic heterocycles. The summed E-state index contributed by atoms with van der Waals surface area (Å²) in [6.07, 6.45) is 5.23. The van der Waals surface area contributed by atoms with E-state index in [1.54, 1.807) is 36.8 Å². The van der Waals surface area contributed by atoms with Crippen molar-refractivity contribution in [2.45, 2.75) is 18.4 Å². The van der Waals surface area contributed by atoms with Crippen LogP contribution in [-0.4, -0.2) is 13.9 Å². The molecule has 3 rings (SSSR count). The molecule has 1 unspecified atom stereocenters. The molecule has 0 fully saturated rings. The lowest BCUT2D eigenvalue weighted by Crippen LogP contribution is -2.10. The minimum absolute atomic E-state index is 0.216. The molecule has 146 valence electrons. The molecule has 0 aliphatic carbocycles. The average molecular weight is 476 g/mol. The van der Waals surface area contributed by atoms with E-state index in [-0.39, 0.29) is 17.7 Å². The Bertz CT molecular complexity index is 929. The average Bonchev–Trinajstić information content (AvgIpc) is 3.13. The number of nitrogens with zero attached hydrogens (tertiary/aromatic N) is 2. The van der Waals surface area contributed by atoms with Gasteiger partial charge in [0, 0.05) is 39.6 Å². The van der Waals surface area contributed by atoms with Crippen LogP contribution in [0.3, 0.4) is 0 Å². The lowest BCUT2D eigenvalue weighted by atomic mass is 10.1. The zero-order chi connectivity index (χ0) is 20.1. The maximum atomic E-state index is 13.0. The molecule has 0 aliphatic rings. The van der Waals surface area contributed by atoms with Gasteiger partial charge in [0.15, 0.2) is 0 Å². The Hall–Kier alpha value is -1.31. The van der Waals surface area contributed by atoms with Crippen molar-refractivity contribution in [3.8, 4) is 0 Å². The number of halogens is 4. The molecular formula is C19H14Cl3FN2OS2. The monoisotopic (exact) mass is 474 g/mol. The van der Waals surface area contributed by atoms with E-state index in [1.165, 1.54) is 23.9 Å². The lowest BCUT2D eigenvalue weighted by Gasteiger charge is -2.21. The molecule has 9 heteroatoms. The van der Waals surface area contributed by atoms with E-state index in [9.17, 15) is 4.39 Å². The number of thioether (sulfide) groups is 1. The van der Waals surface area contributed by atoms with Gasteiger partial charge in [-0.15, -0.1) is 0 Å². The quantitative estimate of drug-likeness (QED) is 0.360. The Labute approximate surface area is 186 Å². The number of benzene rings is 2. The van der Waals surface area contributed by atoms with Crippen molar-refractivity contribution in [1.29, 1.82) is 0 Å². The van der Waals surface area contributed by atoms with Crippen LogP contribution in [0.4, 0.5) is 4.39 Å². The van der Waals surface area contributed by atoms with Gasteiger partial charge in [-0.1, -0.05) is 58.7 Å². The molecule has 2 aromatic carbocycles. The highest BCUT2D eigenvalue weighted by atomic mass is 35.5. The van der Waals surface area contributed by atoms with E-state index in [1.807, 2.05) is 10.8 Å². The molecule has 0 bridgehead atoms. The molecule has 0 N–H and O–H groups in total. The minimum Gasteiger partial charge on any atom is -0.474 e. The van der Waals surface area contributed by atoms with Crippen molar-refractivity contribution in [3.63, 3.8) is 0 Å². The van der Waals surface area contributed by atoms with Crippen molar-refractivity contribution < 1.29 is 9.13 Å². The SMILES string of the molecule is Fc1ccc(COC(=S)SC(Cn2ccnc2)c2c(Cl)cc(Cl)cc2Cl)cc1. The second kappa shape index (κ2) is 9.94. The first-order valence-electron chi connectivity index (χ1n) is 8.10. The molecule has 1 aromatic heterocycles. The lowest BCUT2D eigenvalue weighted by molar-refractivity contribution is 0.310. The van der Waals surface area contributed by atoms with Gasteiger partial charge in [0.05, 0.1) is 11.6 Å². The number of hydrogen-bond acceptors (Lipinski definition) is 4. The van der Waals surface area contributed by atoms with Gasteiger partial charge in [-0.3, -0.25) is 0 Å². The van der Waals surface area contributed by atoms with Crippen LogP contribution in [0.25, 0.3) is 0 Å². The molecular weight excluding hydrogens is 462 g/mol. The van der Waals surface area contributed by atoms with Gasteiger partial charge >= 0.3 is 0 Å². The Morgan fingerprint density at radius 3 is 2.46 bits per heavy atom. The molecule has 1 atom stereocenters. The molecule has 1 heterocycles. The van der Waals surface area contributed by atoms with Crippen LogP contribution in [0, 0.1) is 5.82 Å². The number of aromatic nitrogens is 2. The Kier molecular flexibility index (Phi) is 7.60. The Morgan fingerprint density at radius 1 is 1.18 bits per heavy atom. The summed E-state index contributed by atoms with van der Waals surface area (Å²) in [5.41, 5.74) is 1.54. The maximum absolute atomic E-state index is 13.0. The number of ether oxygens (including phenoxy) is 1. The zero-order valence-corrected chi connectivity index (χ0v) is 18.2. The normalized spacial score (nSPS) is 12.0. The number of imidazole rings is 1. The summed E-state index contributed by atoms with van der Waals surface area (Å²) in [6, 6.07) is 9.35. The molecule has 0 saturated heterocycles. The van der Waals surface area contributed by atoms with Crippen molar-refractivity contribution in [1.82, 2.24) is 9.55 Å².